The van der Waals surface area contributed by atoms with E-state index in [9.17, 15) is 61.0 Å². The molecule has 0 aromatic heterocycles. The van der Waals surface area contributed by atoms with Crippen LogP contribution in [0.15, 0.2) is 12.2 Å². The van der Waals surface area contributed by atoms with Crippen molar-refractivity contribution in [2.24, 2.45) is 28.1 Å². The van der Waals surface area contributed by atoms with Gasteiger partial charge in [0.15, 0.2) is 12.6 Å². The molecule has 3 heterocycles. The number of rotatable bonds is 9. The molecule has 21 atom stereocenters. The number of hydrogen-bond acceptors (Lipinski definition) is 18. The Morgan fingerprint density at radius 3 is 1.82 bits per heavy atom. The maximum absolute atomic E-state index is 14.1. The van der Waals surface area contributed by atoms with Crippen molar-refractivity contribution in [3.63, 3.8) is 0 Å². The lowest BCUT2D eigenvalue weighted by Gasteiger charge is -2.64. The van der Waals surface area contributed by atoms with Crippen LogP contribution in [0.2, 0.25) is 0 Å². The highest BCUT2D eigenvalue weighted by atomic mass is 16.8. The fourth-order valence-electron chi connectivity index (χ4n) is 12.0. The van der Waals surface area contributed by atoms with Crippen molar-refractivity contribution in [1.29, 1.82) is 0 Å². The van der Waals surface area contributed by atoms with Crippen LogP contribution in [0.4, 0.5) is 0 Å². The van der Waals surface area contributed by atoms with Crippen molar-refractivity contribution < 1.29 is 89.4 Å². The second kappa shape index (κ2) is 15.6. The van der Waals surface area contributed by atoms with E-state index in [0.717, 1.165) is 18.4 Å². The molecule has 3 saturated heterocycles. The summed E-state index contributed by atoms with van der Waals surface area (Å²) in [4.78, 5) is 14.1. The quantitative estimate of drug-likeness (QED) is 0.0631. The van der Waals surface area contributed by atoms with E-state index in [1.54, 1.807) is 0 Å². The number of ether oxygens (including phenoxy) is 6. The molecule has 4 saturated carbocycles. The topological polar surface area (TPSA) is 295 Å². The Kier molecular flexibility index (Phi) is 11.9. The van der Waals surface area contributed by atoms with E-state index < -0.39 is 129 Å². The zero-order chi connectivity index (χ0) is 40.7. The fourth-order valence-corrected chi connectivity index (χ4v) is 12.0. The lowest BCUT2D eigenvalue weighted by Crippen LogP contribution is -2.65. The number of fused-ring (bicyclic) bond motifs is 3. The van der Waals surface area contributed by atoms with Gasteiger partial charge in [-0.2, -0.15) is 0 Å². The SMILES string of the molecule is C=C1C[C@@]23CC[C@H]4[C@@](C)(CCC[C@@]4(C)C(=O)O[C@@H]4O[C@H](CO)[C@@H](O)[C@H](O)[C@H]4O)[C@@H]2CCC1(O[C@@H]1O[C@H](CO)[C@@H](O)[C@H](O)[C@H]1O[C@@H]1O[C@H](CO)[C@@H](O)[C@H](O)[C@H]1O)C3. The molecule has 18 nitrogen and oxygen atoms in total. The Bertz CT molecular complexity index is 1450. The van der Waals surface area contributed by atoms with Crippen molar-refractivity contribution in [2.45, 2.75) is 169 Å². The van der Waals surface area contributed by atoms with Gasteiger partial charge in [-0.25, -0.2) is 0 Å². The summed E-state index contributed by atoms with van der Waals surface area (Å²) in [7, 11) is 0. The van der Waals surface area contributed by atoms with Crippen molar-refractivity contribution in [1.82, 2.24) is 0 Å². The van der Waals surface area contributed by atoms with Gasteiger partial charge in [-0.3, -0.25) is 4.79 Å². The Hall–Kier alpha value is -1.43. The molecule has 4 aliphatic carbocycles. The number of aliphatic hydroxyl groups is 11. The van der Waals surface area contributed by atoms with Gasteiger partial charge in [-0.1, -0.05) is 19.9 Å². The first-order valence-corrected chi connectivity index (χ1v) is 19.9. The normalized spacial score (nSPS) is 54.6. The highest BCUT2D eigenvalue weighted by molar-refractivity contribution is 5.77. The summed E-state index contributed by atoms with van der Waals surface area (Å²) in [6.07, 6.45) is -17.8. The second-order valence-corrected chi connectivity index (χ2v) is 18.0. The summed E-state index contributed by atoms with van der Waals surface area (Å²) in [6, 6.07) is 0. The standard InChI is InChI=1S/C38H60O18/c1-16-11-37-9-5-20-35(2,7-4-8-36(20,3)34(50)55-32-29(49)26(46)23(43)18(13-40)52-32)21(37)6-10-38(16,15-37)56-33-30(27(47)24(44)19(14-41)53-33)54-31-28(48)25(45)22(42)17(12-39)51-31/h17-33,39-49H,1,4-15H2,2-3H3/t17-,18-,19-,20+,21+,22-,23-,24-,25+,26+,27+,28-,29-,30-,31+,32+,33+,35-,36-,37-,38?/m1/s1. The van der Waals surface area contributed by atoms with Gasteiger partial charge in [-0.05, 0) is 86.5 Å². The van der Waals surface area contributed by atoms with Crippen molar-refractivity contribution >= 4 is 5.97 Å². The van der Waals surface area contributed by atoms with E-state index in [1.807, 2.05) is 6.92 Å². The number of aliphatic hydroxyl groups excluding tert-OH is 11. The van der Waals surface area contributed by atoms with Crippen LogP contribution in [0.25, 0.3) is 0 Å². The molecule has 0 amide bonds. The van der Waals surface area contributed by atoms with Gasteiger partial charge >= 0.3 is 5.97 Å². The van der Waals surface area contributed by atoms with Crippen LogP contribution in [0.1, 0.15) is 71.6 Å². The third kappa shape index (κ3) is 6.69. The van der Waals surface area contributed by atoms with Gasteiger partial charge in [-0.15, -0.1) is 0 Å². The van der Waals surface area contributed by atoms with E-state index >= 15 is 0 Å². The minimum Gasteiger partial charge on any atom is -0.432 e. The zero-order valence-corrected chi connectivity index (χ0v) is 31.8. The first-order chi connectivity index (χ1) is 26.4. The molecule has 0 radical (unpaired) electrons. The molecule has 3 aliphatic heterocycles. The third-order valence-corrected chi connectivity index (χ3v) is 15.0. The molecular formula is C38H60O18. The maximum atomic E-state index is 14.1. The van der Waals surface area contributed by atoms with Crippen LogP contribution in [0.5, 0.6) is 0 Å². The summed E-state index contributed by atoms with van der Waals surface area (Å²) in [5.74, 6) is -0.591. The molecule has 11 N–H and O–H groups in total. The lowest BCUT2D eigenvalue weighted by molar-refractivity contribution is -0.378. The van der Waals surface area contributed by atoms with E-state index in [-0.39, 0.29) is 22.7 Å². The third-order valence-electron chi connectivity index (χ3n) is 15.0. The van der Waals surface area contributed by atoms with E-state index in [0.29, 0.717) is 44.9 Å². The minimum atomic E-state index is -1.81. The van der Waals surface area contributed by atoms with Crippen LogP contribution >= 0.6 is 0 Å². The maximum Gasteiger partial charge on any atom is 0.314 e. The molecule has 7 rings (SSSR count). The van der Waals surface area contributed by atoms with Crippen LogP contribution in [-0.2, 0) is 33.2 Å². The Labute approximate surface area is 324 Å². The van der Waals surface area contributed by atoms with Gasteiger partial charge < -0.3 is 84.6 Å². The largest absolute Gasteiger partial charge is 0.432 e. The summed E-state index contributed by atoms with van der Waals surface area (Å²) in [6.45, 7) is 6.52. The molecular weight excluding hydrogens is 744 g/mol. The highest BCUT2D eigenvalue weighted by Gasteiger charge is 2.69. The molecule has 18 heteroatoms. The van der Waals surface area contributed by atoms with Gasteiger partial charge in [0.2, 0.25) is 6.29 Å². The van der Waals surface area contributed by atoms with E-state index in [4.69, 9.17) is 28.4 Å². The second-order valence-electron chi connectivity index (χ2n) is 18.0. The Morgan fingerprint density at radius 1 is 0.679 bits per heavy atom. The summed E-state index contributed by atoms with van der Waals surface area (Å²) in [5, 5.41) is 114. The van der Waals surface area contributed by atoms with E-state index in [2.05, 4.69) is 13.5 Å². The predicted octanol–water partition coefficient (Wildman–Crippen LogP) is -2.94. The monoisotopic (exact) mass is 804 g/mol. The first kappa shape index (κ1) is 42.7. The molecule has 0 aromatic rings. The molecule has 7 fully saturated rings. The average Bonchev–Trinajstić information content (AvgIpc) is 3.37. The molecule has 0 aromatic carbocycles. The molecule has 7 aliphatic rings. The predicted molar refractivity (Wildman–Crippen MR) is 186 cm³/mol. The van der Waals surface area contributed by atoms with Crippen LogP contribution < -0.4 is 0 Å². The van der Waals surface area contributed by atoms with Crippen molar-refractivity contribution in [3.05, 3.63) is 12.2 Å². The fraction of sp³-hybridized carbons (Fsp3) is 0.921. The van der Waals surface area contributed by atoms with E-state index in [1.165, 1.54) is 0 Å². The van der Waals surface area contributed by atoms with Crippen molar-refractivity contribution in [3.8, 4) is 0 Å². The Morgan fingerprint density at radius 2 is 1.21 bits per heavy atom. The van der Waals surface area contributed by atoms with Crippen molar-refractivity contribution in [2.75, 3.05) is 19.8 Å². The first-order valence-electron chi connectivity index (χ1n) is 19.9. The summed E-state index contributed by atoms with van der Waals surface area (Å²) >= 11 is 0. The minimum absolute atomic E-state index is 0.121. The molecule has 2 bridgehead atoms. The molecule has 56 heavy (non-hydrogen) atoms. The number of carbonyl (C=O) groups is 1. The van der Waals surface area contributed by atoms with Gasteiger partial charge in [0.05, 0.1) is 30.8 Å². The van der Waals surface area contributed by atoms with Crippen LogP contribution in [-0.4, -0.2) is 180 Å². The lowest BCUT2D eigenvalue weighted by atomic mass is 9.41. The molecule has 320 valence electrons. The number of hydrogen-bond donors (Lipinski definition) is 11. The van der Waals surface area contributed by atoms with Gasteiger partial charge in [0, 0.05) is 0 Å². The smallest absolute Gasteiger partial charge is 0.314 e. The summed E-state index contributed by atoms with van der Waals surface area (Å²) < 4.78 is 35.6. The number of esters is 1. The molecule has 1 unspecified atom stereocenters. The van der Waals surface area contributed by atoms with Crippen LogP contribution in [0, 0.1) is 28.1 Å². The number of carbonyl (C=O) groups excluding carboxylic acids is 1. The van der Waals surface area contributed by atoms with Crippen LogP contribution in [0.3, 0.4) is 0 Å². The molecule has 1 spiro atoms. The van der Waals surface area contributed by atoms with Gasteiger partial charge in [0.25, 0.3) is 0 Å². The summed E-state index contributed by atoms with van der Waals surface area (Å²) in [5.41, 5.74) is -1.80. The van der Waals surface area contributed by atoms with Gasteiger partial charge in [0.1, 0.15) is 73.2 Å². The zero-order valence-electron chi connectivity index (χ0n) is 31.8. The average molecular weight is 805 g/mol. The highest BCUT2D eigenvalue weighted by Crippen LogP contribution is 2.73. The Balaban J connectivity index is 1.10.